The van der Waals surface area contributed by atoms with Crippen molar-refractivity contribution in [1.82, 2.24) is 5.32 Å². The van der Waals surface area contributed by atoms with E-state index in [1.807, 2.05) is 24.3 Å². The summed E-state index contributed by atoms with van der Waals surface area (Å²) in [4.78, 5) is 11.8. The van der Waals surface area contributed by atoms with Crippen LogP contribution >= 0.6 is 0 Å². The van der Waals surface area contributed by atoms with Crippen molar-refractivity contribution in [3.63, 3.8) is 0 Å². The number of hydrogen-bond donors (Lipinski definition) is 3. The fourth-order valence-electron chi connectivity index (χ4n) is 3.20. The fourth-order valence-corrected chi connectivity index (χ4v) is 3.20. The quantitative estimate of drug-likeness (QED) is 0.749. The van der Waals surface area contributed by atoms with Gasteiger partial charge < -0.3 is 10.6 Å². The molecule has 0 radical (unpaired) electrons. The van der Waals surface area contributed by atoms with E-state index in [4.69, 9.17) is 5.41 Å². The zero-order valence-corrected chi connectivity index (χ0v) is 11.5. The number of rotatable bonds is 1. The second-order valence-corrected chi connectivity index (χ2v) is 5.43. The molecule has 0 spiro atoms. The van der Waals surface area contributed by atoms with E-state index in [0.717, 1.165) is 47.5 Å². The van der Waals surface area contributed by atoms with Gasteiger partial charge in [0.2, 0.25) is 0 Å². The van der Waals surface area contributed by atoms with Crippen LogP contribution in [0.3, 0.4) is 0 Å². The van der Waals surface area contributed by atoms with Crippen LogP contribution in [0.2, 0.25) is 0 Å². The average molecular weight is 277 g/mol. The molecular formula is C17H15N3O. The molecule has 2 aromatic carbocycles. The van der Waals surface area contributed by atoms with Gasteiger partial charge in [-0.15, -0.1) is 0 Å². The van der Waals surface area contributed by atoms with Crippen molar-refractivity contribution in [2.75, 3.05) is 11.9 Å². The van der Waals surface area contributed by atoms with Gasteiger partial charge in [-0.3, -0.25) is 10.2 Å². The maximum atomic E-state index is 11.8. The number of benzene rings is 2. The van der Waals surface area contributed by atoms with Gasteiger partial charge in [-0.1, -0.05) is 30.3 Å². The van der Waals surface area contributed by atoms with Crippen LogP contribution in [0.1, 0.15) is 16.7 Å². The summed E-state index contributed by atoms with van der Waals surface area (Å²) in [6, 6.07) is 12.2. The van der Waals surface area contributed by atoms with Crippen molar-refractivity contribution in [3.8, 4) is 11.1 Å². The van der Waals surface area contributed by atoms with E-state index in [1.54, 1.807) is 0 Å². The molecule has 21 heavy (non-hydrogen) atoms. The van der Waals surface area contributed by atoms with Gasteiger partial charge >= 0.3 is 0 Å². The molecular weight excluding hydrogens is 262 g/mol. The van der Waals surface area contributed by atoms with Crippen molar-refractivity contribution < 1.29 is 4.79 Å². The first-order valence-corrected chi connectivity index (χ1v) is 7.11. The summed E-state index contributed by atoms with van der Waals surface area (Å²) in [5.74, 6) is -0.303. The summed E-state index contributed by atoms with van der Waals surface area (Å²) < 4.78 is 0. The smallest absolute Gasteiger partial charge is 0.274 e. The van der Waals surface area contributed by atoms with Gasteiger partial charge in [0.05, 0.1) is 5.69 Å². The van der Waals surface area contributed by atoms with E-state index in [1.165, 1.54) is 5.56 Å². The third-order valence-corrected chi connectivity index (χ3v) is 4.22. The molecule has 3 N–H and O–H groups in total. The Bertz CT molecular complexity index is 765. The molecule has 0 saturated heterocycles. The summed E-state index contributed by atoms with van der Waals surface area (Å²) in [7, 11) is 0. The van der Waals surface area contributed by atoms with Gasteiger partial charge in [-0.25, -0.2) is 0 Å². The highest BCUT2D eigenvalue weighted by Crippen LogP contribution is 2.38. The summed E-state index contributed by atoms with van der Waals surface area (Å²) in [5.41, 5.74) is 6.32. The average Bonchev–Trinajstić information content (AvgIpc) is 2.83. The Kier molecular flexibility index (Phi) is 2.65. The third kappa shape index (κ3) is 1.80. The zero-order chi connectivity index (χ0) is 14.4. The minimum Gasteiger partial charge on any atom is -0.320 e. The van der Waals surface area contributed by atoms with Crippen molar-refractivity contribution >= 4 is 17.3 Å². The normalized spacial score (nSPS) is 16.4. The number of hydrogen-bond acceptors (Lipinski definition) is 3. The molecule has 0 fully saturated rings. The van der Waals surface area contributed by atoms with Crippen LogP contribution < -0.4 is 10.6 Å². The molecule has 2 heterocycles. The molecule has 2 aliphatic rings. The molecule has 0 atom stereocenters. The second-order valence-electron chi connectivity index (χ2n) is 5.43. The largest absolute Gasteiger partial charge is 0.320 e. The van der Waals surface area contributed by atoms with E-state index in [0.29, 0.717) is 0 Å². The third-order valence-electron chi connectivity index (χ3n) is 4.22. The lowest BCUT2D eigenvalue weighted by molar-refractivity contribution is -0.110. The van der Waals surface area contributed by atoms with E-state index < -0.39 is 0 Å². The lowest BCUT2D eigenvalue weighted by atomic mass is 9.87. The van der Waals surface area contributed by atoms with Crippen LogP contribution in [0, 0.1) is 5.41 Å². The summed E-state index contributed by atoms with van der Waals surface area (Å²) >= 11 is 0. The highest BCUT2D eigenvalue weighted by atomic mass is 16.2. The molecule has 2 aliphatic heterocycles. The topological polar surface area (TPSA) is 65.0 Å². The number of fused-ring (bicyclic) bond motifs is 3. The van der Waals surface area contributed by atoms with E-state index in [-0.39, 0.29) is 11.6 Å². The van der Waals surface area contributed by atoms with Gasteiger partial charge in [0.1, 0.15) is 5.71 Å². The molecule has 0 unspecified atom stereocenters. The molecule has 0 aromatic heterocycles. The first kappa shape index (κ1) is 12.3. The lowest BCUT2D eigenvalue weighted by Crippen LogP contribution is -2.25. The molecule has 0 saturated carbocycles. The predicted molar refractivity (Wildman–Crippen MR) is 82.7 cm³/mol. The van der Waals surface area contributed by atoms with Crippen LogP contribution in [0.25, 0.3) is 11.1 Å². The molecule has 104 valence electrons. The molecule has 2 aromatic rings. The minimum atomic E-state index is -0.303. The first-order chi connectivity index (χ1) is 10.3. The van der Waals surface area contributed by atoms with Crippen molar-refractivity contribution in [2.45, 2.75) is 13.0 Å². The maximum absolute atomic E-state index is 11.8. The maximum Gasteiger partial charge on any atom is 0.274 e. The van der Waals surface area contributed by atoms with Gasteiger partial charge in [-0.2, -0.15) is 0 Å². The van der Waals surface area contributed by atoms with Gasteiger partial charge in [0.15, 0.2) is 0 Å². The number of carbonyl (C=O) groups excluding carboxylic acids is 1. The van der Waals surface area contributed by atoms with Crippen LogP contribution in [0.4, 0.5) is 5.69 Å². The Morgan fingerprint density at radius 1 is 1.05 bits per heavy atom. The summed E-state index contributed by atoms with van der Waals surface area (Å²) in [6.07, 6.45) is 0.941. The minimum absolute atomic E-state index is 0.0653. The summed E-state index contributed by atoms with van der Waals surface area (Å²) in [6.45, 7) is 1.68. The van der Waals surface area contributed by atoms with Crippen molar-refractivity contribution in [2.24, 2.45) is 0 Å². The molecule has 1 amide bonds. The van der Waals surface area contributed by atoms with Crippen molar-refractivity contribution in [1.29, 1.82) is 5.41 Å². The van der Waals surface area contributed by atoms with Gasteiger partial charge in [0, 0.05) is 12.1 Å². The Hall–Kier alpha value is -2.46. The standard InChI is InChI=1S/C17H15N3O/c18-15-13-8-12(10-4-2-1-3-5-10)11-6-7-19-9-14(11)16(13)20-17(15)21/h1-5,8,19H,6-7,9H2,(H2,18,20,21). The molecule has 4 rings (SSSR count). The number of amides is 1. The summed E-state index contributed by atoms with van der Waals surface area (Å²) in [5, 5.41) is 14.2. The fraction of sp³-hybridized carbons (Fsp3) is 0.176. The van der Waals surface area contributed by atoms with Crippen LogP contribution in [-0.4, -0.2) is 18.2 Å². The molecule has 0 aliphatic carbocycles. The van der Waals surface area contributed by atoms with Crippen LogP contribution in [0.5, 0.6) is 0 Å². The van der Waals surface area contributed by atoms with Crippen LogP contribution in [-0.2, 0) is 17.8 Å². The first-order valence-electron chi connectivity index (χ1n) is 7.11. The Labute approximate surface area is 122 Å². The molecule has 4 heteroatoms. The number of anilines is 1. The predicted octanol–water partition coefficient (Wildman–Crippen LogP) is 2.32. The molecule has 0 bridgehead atoms. The SMILES string of the molecule is N=C1C(=O)Nc2c1cc(-c1ccccc1)c1c2CNCC1. The van der Waals surface area contributed by atoms with E-state index in [2.05, 4.69) is 22.8 Å². The van der Waals surface area contributed by atoms with E-state index in [9.17, 15) is 4.79 Å². The Morgan fingerprint density at radius 2 is 1.86 bits per heavy atom. The Morgan fingerprint density at radius 3 is 2.67 bits per heavy atom. The molecule has 4 nitrogen and oxygen atoms in total. The van der Waals surface area contributed by atoms with Crippen LogP contribution in [0.15, 0.2) is 36.4 Å². The van der Waals surface area contributed by atoms with Crippen molar-refractivity contribution in [3.05, 3.63) is 53.1 Å². The van der Waals surface area contributed by atoms with Gasteiger partial charge in [0.25, 0.3) is 5.91 Å². The van der Waals surface area contributed by atoms with Gasteiger partial charge in [-0.05, 0) is 41.3 Å². The monoisotopic (exact) mass is 277 g/mol. The van der Waals surface area contributed by atoms with E-state index >= 15 is 0 Å². The Balaban J connectivity index is 2.01. The number of nitrogens with one attached hydrogen (secondary N) is 3. The second kappa shape index (κ2) is 4.53. The number of carbonyl (C=O) groups is 1. The highest BCUT2D eigenvalue weighted by Gasteiger charge is 2.30. The zero-order valence-electron chi connectivity index (χ0n) is 11.5. The lowest BCUT2D eigenvalue weighted by Gasteiger charge is -2.23. The highest BCUT2D eigenvalue weighted by molar-refractivity contribution is 6.53.